The Bertz CT molecular complexity index is 269. The lowest BCUT2D eigenvalue weighted by molar-refractivity contribution is -0.142. The van der Waals surface area contributed by atoms with Gasteiger partial charge >= 0.3 is 6.18 Å². The van der Waals surface area contributed by atoms with Crippen LogP contribution in [0.3, 0.4) is 0 Å². The Balaban J connectivity index is 2.34. The summed E-state index contributed by atoms with van der Waals surface area (Å²) in [5.74, 6) is -0.327. The topological polar surface area (TPSA) is 55.1 Å². The van der Waals surface area contributed by atoms with E-state index >= 15 is 0 Å². The van der Waals surface area contributed by atoms with Gasteiger partial charge in [0.15, 0.2) is 0 Å². The standard InChI is InChI=1S/C11H19F3N2O/c1-8(5-11(12,13)14)16-9(17)6-10(7-15)3-2-4-10/h8H,2-7,15H2,1H3,(H,16,17). The van der Waals surface area contributed by atoms with Crippen molar-refractivity contribution < 1.29 is 18.0 Å². The number of nitrogens with two attached hydrogens (primary N) is 1. The Labute approximate surface area is 98.9 Å². The van der Waals surface area contributed by atoms with Crippen molar-refractivity contribution in [1.29, 1.82) is 0 Å². The Kier molecular flexibility index (Phi) is 4.41. The van der Waals surface area contributed by atoms with Crippen LogP contribution in [0.5, 0.6) is 0 Å². The number of hydrogen-bond donors (Lipinski definition) is 2. The van der Waals surface area contributed by atoms with Crippen LogP contribution < -0.4 is 11.1 Å². The number of carbonyl (C=O) groups excluding carboxylic acids is 1. The number of nitrogens with one attached hydrogen (secondary N) is 1. The Morgan fingerprint density at radius 1 is 1.47 bits per heavy atom. The average molecular weight is 252 g/mol. The molecule has 0 saturated heterocycles. The van der Waals surface area contributed by atoms with Crippen LogP contribution in [-0.2, 0) is 4.79 Å². The van der Waals surface area contributed by atoms with Crippen molar-refractivity contribution in [3.05, 3.63) is 0 Å². The van der Waals surface area contributed by atoms with Crippen LogP contribution in [0.25, 0.3) is 0 Å². The van der Waals surface area contributed by atoms with Gasteiger partial charge in [0.05, 0.1) is 6.42 Å². The smallest absolute Gasteiger partial charge is 0.353 e. The minimum Gasteiger partial charge on any atom is -0.353 e. The van der Waals surface area contributed by atoms with E-state index in [0.29, 0.717) is 6.54 Å². The summed E-state index contributed by atoms with van der Waals surface area (Å²) in [6.07, 6.45) is -2.16. The van der Waals surface area contributed by atoms with Gasteiger partial charge in [-0.15, -0.1) is 0 Å². The van der Waals surface area contributed by atoms with E-state index in [4.69, 9.17) is 5.73 Å². The zero-order chi connectivity index (χ0) is 13.1. The minimum atomic E-state index is -4.24. The first-order valence-corrected chi connectivity index (χ1v) is 5.82. The fraction of sp³-hybridized carbons (Fsp3) is 0.909. The number of carbonyl (C=O) groups is 1. The Hall–Kier alpha value is -0.780. The van der Waals surface area contributed by atoms with Gasteiger partial charge in [0, 0.05) is 12.5 Å². The van der Waals surface area contributed by atoms with Crippen molar-refractivity contribution in [2.75, 3.05) is 6.54 Å². The second kappa shape index (κ2) is 5.25. The van der Waals surface area contributed by atoms with Gasteiger partial charge < -0.3 is 11.1 Å². The normalized spacial score (nSPS) is 20.5. The highest BCUT2D eigenvalue weighted by Crippen LogP contribution is 2.42. The molecule has 1 fully saturated rings. The van der Waals surface area contributed by atoms with Crippen molar-refractivity contribution >= 4 is 5.91 Å². The van der Waals surface area contributed by atoms with E-state index in [1.807, 2.05) is 0 Å². The van der Waals surface area contributed by atoms with E-state index in [-0.39, 0.29) is 17.7 Å². The van der Waals surface area contributed by atoms with Gasteiger partial charge in [-0.3, -0.25) is 4.79 Å². The maximum absolute atomic E-state index is 12.1. The Morgan fingerprint density at radius 3 is 2.41 bits per heavy atom. The maximum Gasteiger partial charge on any atom is 0.391 e. The molecule has 0 aromatic rings. The molecule has 0 aromatic carbocycles. The summed E-state index contributed by atoms with van der Waals surface area (Å²) in [5.41, 5.74) is 5.43. The number of halogens is 3. The van der Waals surface area contributed by atoms with Crippen LogP contribution >= 0.6 is 0 Å². The van der Waals surface area contributed by atoms with Crippen LogP contribution in [0.4, 0.5) is 13.2 Å². The van der Waals surface area contributed by atoms with Crippen LogP contribution in [0.2, 0.25) is 0 Å². The first kappa shape index (κ1) is 14.3. The molecule has 6 heteroatoms. The molecule has 0 heterocycles. The van der Waals surface area contributed by atoms with Gasteiger partial charge in [-0.1, -0.05) is 6.42 Å². The summed E-state index contributed by atoms with van der Waals surface area (Å²) in [5, 5.41) is 2.38. The predicted molar refractivity (Wildman–Crippen MR) is 58.2 cm³/mol. The Morgan fingerprint density at radius 2 is 2.06 bits per heavy atom. The van der Waals surface area contributed by atoms with Gasteiger partial charge in [0.1, 0.15) is 0 Å². The van der Waals surface area contributed by atoms with Crippen molar-refractivity contribution in [2.45, 2.75) is 51.2 Å². The van der Waals surface area contributed by atoms with E-state index < -0.39 is 18.6 Å². The van der Waals surface area contributed by atoms with Crippen LogP contribution in [0, 0.1) is 5.41 Å². The van der Waals surface area contributed by atoms with Gasteiger partial charge in [0.2, 0.25) is 5.91 Å². The molecule has 0 radical (unpaired) electrons. The van der Waals surface area contributed by atoms with E-state index in [0.717, 1.165) is 19.3 Å². The summed E-state index contributed by atoms with van der Waals surface area (Å²) in [6, 6.07) is -0.877. The largest absolute Gasteiger partial charge is 0.391 e. The molecule has 3 nitrogen and oxygen atoms in total. The van der Waals surface area contributed by atoms with Gasteiger partial charge in [-0.05, 0) is 31.7 Å². The molecular weight excluding hydrogens is 233 g/mol. The molecule has 17 heavy (non-hydrogen) atoms. The van der Waals surface area contributed by atoms with Gasteiger partial charge in [0.25, 0.3) is 0 Å². The molecule has 0 spiro atoms. The second-order valence-electron chi connectivity index (χ2n) is 5.02. The zero-order valence-corrected chi connectivity index (χ0v) is 9.94. The molecule has 1 aliphatic carbocycles. The predicted octanol–water partition coefficient (Wildman–Crippen LogP) is 1.96. The first-order chi connectivity index (χ1) is 7.76. The highest BCUT2D eigenvalue weighted by molar-refractivity contribution is 5.77. The van der Waals surface area contributed by atoms with E-state index in [1.165, 1.54) is 6.92 Å². The minimum absolute atomic E-state index is 0.165. The lowest BCUT2D eigenvalue weighted by Crippen LogP contribution is -2.44. The SMILES string of the molecule is CC(CC(F)(F)F)NC(=O)CC1(CN)CCC1. The van der Waals surface area contributed by atoms with Crippen molar-refractivity contribution in [2.24, 2.45) is 11.1 Å². The zero-order valence-electron chi connectivity index (χ0n) is 9.94. The van der Waals surface area contributed by atoms with Gasteiger partial charge in [-0.2, -0.15) is 13.2 Å². The first-order valence-electron chi connectivity index (χ1n) is 5.82. The molecular formula is C11H19F3N2O. The van der Waals surface area contributed by atoms with E-state index in [9.17, 15) is 18.0 Å². The molecule has 0 aromatic heterocycles. The molecule has 1 rings (SSSR count). The third-order valence-corrected chi connectivity index (χ3v) is 3.33. The van der Waals surface area contributed by atoms with Crippen LogP contribution in [-0.4, -0.2) is 24.7 Å². The van der Waals surface area contributed by atoms with Crippen molar-refractivity contribution in [1.82, 2.24) is 5.32 Å². The summed E-state index contributed by atoms with van der Waals surface area (Å²) in [6.45, 7) is 1.79. The highest BCUT2D eigenvalue weighted by Gasteiger charge is 2.38. The number of rotatable bonds is 5. The molecule has 100 valence electrons. The lowest BCUT2D eigenvalue weighted by Gasteiger charge is -2.40. The van der Waals surface area contributed by atoms with E-state index in [2.05, 4.69) is 5.32 Å². The third-order valence-electron chi connectivity index (χ3n) is 3.33. The maximum atomic E-state index is 12.1. The molecule has 1 unspecified atom stereocenters. The highest BCUT2D eigenvalue weighted by atomic mass is 19.4. The summed E-state index contributed by atoms with van der Waals surface area (Å²) in [4.78, 5) is 11.6. The molecule has 1 saturated carbocycles. The van der Waals surface area contributed by atoms with Crippen LogP contribution in [0.1, 0.15) is 39.0 Å². The fourth-order valence-corrected chi connectivity index (χ4v) is 2.19. The molecule has 1 aliphatic rings. The lowest BCUT2D eigenvalue weighted by atomic mass is 9.66. The fourth-order valence-electron chi connectivity index (χ4n) is 2.19. The van der Waals surface area contributed by atoms with Crippen LogP contribution in [0.15, 0.2) is 0 Å². The summed E-state index contributed by atoms with van der Waals surface area (Å²) < 4.78 is 36.2. The quantitative estimate of drug-likeness (QED) is 0.786. The van der Waals surface area contributed by atoms with Crippen molar-refractivity contribution in [3.63, 3.8) is 0 Å². The van der Waals surface area contributed by atoms with Crippen molar-refractivity contribution in [3.8, 4) is 0 Å². The molecule has 3 N–H and O–H groups in total. The molecule has 1 amide bonds. The molecule has 1 atom stereocenters. The molecule has 0 bridgehead atoms. The monoisotopic (exact) mass is 252 g/mol. The third kappa shape index (κ3) is 4.53. The molecule has 0 aliphatic heterocycles. The average Bonchev–Trinajstić information content (AvgIpc) is 2.07. The summed E-state index contributed by atoms with van der Waals surface area (Å²) in [7, 11) is 0. The summed E-state index contributed by atoms with van der Waals surface area (Å²) >= 11 is 0. The second-order valence-corrected chi connectivity index (χ2v) is 5.02. The van der Waals surface area contributed by atoms with Gasteiger partial charge in [-0.25, -0.2) is 0 Å². The number of amides is 1. The number of alkyl halides is 3. The van der Waals surface area contributed by atoms with E-state index in [1.54, 1.807) is 0 Å². The number of hydrogen-bond acceptors (Lipinski definition) is 2.